The summed E-state index contributed by atoms with van der Waals surface area (Å²) >= 11 is 1.19. The molecule has 7 heteroatoms. The zero-order valence-corrected chi connectivity index (χ0v) is 12.9. The van der Waals surface area contributed by atoms with E-state index in [-0.39, 0.29) is 28.9 Å². The molecule has 0 aliphatic carbocycles. The zero-order chi connectivity index (χ0) is 16.0. The van der Waals surface area contributed by atoms with E-state index in [1.807, 2.05) is 13.8 Å². The Morgan fingerprint density at radius 2 is 2.00 bits per heavy atom. The molecule has 1 atom stereocenters. The monoisotopic (exact) mass is 310 g/mol. The van der Waals surface area contributed by atoms with Crippen molar-refractivity contribution >= 4 is 29.4 Å². The van der Waals surface area contributed by atoms with Gasteiger partial charge in [0.05, 0.1) is 22.4 Å². The largest absolute Gasteiger partial charge is 0.478 e. The number of aromatic nitrogens is 1. The maximum absolute atomic E-state index is 11.8. The Morgan fingerprint density at radius 3 is 2.43 bits per heavy atom. The Hall–Kier alpha value is -1.89. The van der Waals surface area contributed by atoms with Crippen molar-refractivity contribution in [1.82, 2.24) is 10.3 Å². The molecular formula is C14H18N2O4S. The van der Waals surface area contributed by atoms with Crippen LogP contribution in [0.25, 0.3) is 0 Å². The second-order valence-electron chi connectivity index (χ2n) is 4.88. The maximum atomic E-state index is 11.8. The minimum absolute atomic E-state index is 0.0319. The maximum Gasteiger partial charge on any atom is 0.337 e. The fourth-order valence-electron chi connectivity index (χ4n) is 1.68. The molecule has 1 amide bonds. The highest BCUT2D eigenvalue weighted by atomic mass is 32.2. The SMILES string of the molecule is CC(=O)C(NC(=O)CSc1ccc(C(=O)O)cn1)C(C)C. The van der Waals surface area contributed by atoms with Gasteiger partial charge in [-0.2, -0.15) is 0 Å². The second-order valence-corrected chi connectivity index (χ2v) is 5.87. The van der Waals surface area contributed by atoms with Crippen LogP contribution in [0.15, 0.2) is 23.4 Å². The summed E-state index contributed by atoms with van der Waals surface area (Å²) < 4.78 is 0. The van der Waals surface area contributed by atoms with Crippen molar-refractivity contribution in [2.75, 3.05) is 5.75 Å². The molecule has 0 bridgehead atoms. The smallest absolute Gasteiger partial charge is 0.337 e. The van der Waals surface area contributed by atoms with Crippen LogP contribution in [0, 0.1) is 5.92 Å². The molecule has 0 aliphatic heterocycles. The van der Waals surface area contributed by atoms with Crippen molar-refractivity contribution in [3.8, 4) is 0 Å². The molecule has 2 N–H and O–H groups in total. The average Bonchev–Trinajstić information content (AvgIpc) is 2.42. The number of nitrogens with zero attached hydrogens (tertiary/aromatic N) is 1. The molecule has 1 aromatic rings. The number of hydrogen-bond donors (Lipinski definition) is 2. The van der Waals surface area contributed by atoms with Gasteiger partial charge in [0.1, 0.15) is 0 Å². The Kier molecular flexibility index (Phi) is 6.36. The molecule has 1 heterocycles. The molecule has 21 heavy (non-hydrogen) atoms. The van der Waals surface area contributed by atoms with Crippen molar-refractivity contribution in [1.29, 1.82) is 0 Å². The van der Waals surface area contributed by atoms with Crippen molar-refractivity contribution < 1.29 is 19.5 Å². The number of hydrogen-bond acceptors (Lipinski definition) is 5. The highest BCUT2D eigenvalue weighted by Crippen LogP contribution is 2.15. The fraction of sp³-hybridized carbons (Fsp3) is 0.429. The lowest BCUT2D eigenvalue weighted by molar-refractivity contribution is -0.126. The van der Waals surface area contributed by atoms with Gasteiger partial charge in [-0.05, 0) is 25.0 Å². The van der Waals surface area contributed by atoms with Crippen LogP contribution >= 0.6 is 11.8 Å². The standard InChI is InChI=1S/C14H18N2O4S/c1-8(2)13(9(3)17)16-11(18)7-21-12-5-4-10(6-15-12)14(19)20/h4-6,8,13H,7H2,1-3H3,(H,16,18)(H,19,20). The normalized spacial score (nSPS) is 12.0. The lowest BCUT2D eigenvalue weighted by Crippen LogP contribution is -2.44. The van der Waals surface area contributed by atoms with E-state index >= 15 is 0 Å². The molecule has 0 saturated carbocycles. The van der Waals surface area contributed by atoms with Gasteiger partial charge in [0.15, 0.2) is 5.78 Å². The number of rotatable bonds is 7. The Morgan fingerprint density at radius 1 is 1.33 bits per heavy atom. The lowest BCUT2D eigenvalue weighted by Gasteiger charge is -2.19. The van der Waals surface area contributed by atoms with Gasteiger partial charge in [0.25, 0.3) is 0 Å². The third-order valence-corrected chi connectivity index (χ3v) is 3.70. The summed E-state index contributed by atoms with van der Waals surface area (Å²) in [5, 5.41) is 12.0. The molecule has 1 unspecified atom stereocenters. The molecule has 1 aromatic heterocycles. The van der Waals surface area contributed by atoms with Crippen molar-refractivity contribution in [2.24, 2.45) is 5.92 Å². The van der Waals surface area contributed by atoms with Crippen LogP contribution < -0.4 is 5.32 Å². The molecule has 0 radical (unpaired) electrons. The average molecular weight is 310 g/mol. The second kappa shape index (κ2) is 7.78. The molecular weight excluding hydrogens is 292 g/mol. The summed E-state index contributed by atoms with van der Waals surface area (Å²) in [5.74, 6) is -1.22. The van der Waals surface area contributed by atoms with Gasteiger partial charge in [0, 0.05) is 6.20 Å². The van der Waals surface area contributed by atoms with Crippen LogP contribution in [0.5, 0.6) is 0 Å². The highest BCUT2D eigenvalue weighted by Gasteiger charge is 2.20. The third kappa shape index (κ3) is 5.55. The third-order valence-electron chi connectivity index (χ3n) is 2.76. The predicted octanol–water partition coefficient (Wildman–Crippen LogP) is 1.60. The molecule has 0 saturated heterocycles. The number of carboxylic acid groups (broad SMARTS) is 1. The number of amides is 1. The number of nitrogens with one attached hydrogen (secondary N) is 1. The highest BCUT2D eigenvalue weighted by molar-refractivity contribution is 7.99. The summed E-state index contributed by atoms with van der Waals surface area (Å²) in [6.45, 7) is 5.18. The summed E-state index contributed by atoms with van der Waals surface area (Å²) in [7, 11) is 0. The van der Waals surface area contributed by atoms with Gasteiger partial charge in [-0.15, -0.1) is 0 Å². The minimum atomic E-state index is -1.04. The topological polar surface area (TPSA) is 96.4 Å². The number of thioether (sulfide) groups is 1. The van der Waals surface area contributed by atoms with E-state index in [9.17, 15) is 14.4 Å². The minimum Gasteiger partial charge on any atom is -0.478 e. The summed E-state index contributed by atoms with van der Waals surface area (Å²) in [6, 6.07) is 2.49. The lowest BCUT2D eigenvalue weighted by atomic mass is 10.0. The van der Waals surface area contributed by atoms with E-state index in [2.05, 4.69) is 10.3 Å². The van der Waals surface area contributed by atoms with Gasteiger partial charge in [-0.1, -0.05) is 25.6 Å². The summed E-state index contributed by atoms with van der Waals surface area (Å²) in [4.78, 5) is 37.9. The van der Waals surface area contributed by atoms with E-state index in [1.165, 1.54) is 30.9 Å². The molecule has 0 aliphatic rings. The molecule has 6 nitrogen and oxygen atoms in total. The van der Waals surface area contributed by atoms with Crippen LogP contribution in [0.3, 0.4) is 0 Å². The first kappa shape index (κ1) is 17.2. The van der Waals surface area contributed by atoms with E-state index < -0.39 is 12.0 Å². The Labute approximate surface area is 127 Å². The van der Waals surface area contributed by atoms with Crippen molar-refractivity contribution in [2.45, 2.75) is 31.8 Å². The molecule has 0 aromatic carbocycles. The number of pyridine rings is 1. The quantitative estimate of drug-likeness (QED) is 0.743. The number of carbonyl (C=O) groups excluding carboxylic acids is 2. The van der Waals surface area contributed by atoms with Gasteiger partial charge in [0.2, 0.25) is 5.91 Å². The van der Waals surface area contributed by atoms with Crippen LogP contribution in [-0.2, 0) is 9.59 Å². The first-order valence-corrected chi connectivity index (χ1v) is 7.41. The first-order valence-electron chi connectivity index (χ1n) is 6.43. The first-order chi connectivity index (χ1) is 9.81. The summed E-state index contributed by atoms with van der Waals surface area (Å²) in [6.07, 6.45) is 1.25. The number of Topliss-reactive ketones (excluding diaryl/α,β-unsaturated/α-hetero) is 1. The van der Waals surface area contributed by atoms with Crippen LogP contribution in [0.4, 0.5) is 0 Å². The molecule has 0 fully saturated rings. The number of carbonyl (C=O) groups is 3. The van der Waals surface area contributed by atoms with Gasteiger partial charge in [-0.3, -0.25) is 9.59 Å². The number of ketones is 1. The van der Waals surface area contributed by atoms with Crippen LogP contribution in [0.1, 0.15) is 31.1 Å². The molecule has 114 valence electrons. The molecule has 0 spiro atoms. The Balaban J connectivity index is 2.52. The molecule has 1 rings (SSSR count). The van der Waals surface area contributed by atoms with E-state index in [1.54, 1.807) is 6.07 Å². The number of aromatic carboxylic acids is 1. The van der Waals surface area contributed by atoms with Gasteiger partial charge in [-0.25, -0.2) is 9.78 Å². The van der Waals surface area contributed by atoms with E-state index in [0.29, 0.717) is 5.03 Å². The number of carboxylic acids is 1. The predicted molar refractivity (Wildman–Crippen MR) is 79.4 cm³/mol. The van der Waals surface area contributed by atoms with Gasteiger partial charge < -0.3 is 10.4 Å². The van der Waals surface area contributed by atoms with Crippen LogP contribution in [-0.4, -0.2) is 39.5 Å². The van der Waals surface area contributed by atoms with E-state index in [4.69, 9.17) is 5.11 Å². The summed E-state index contributed by atoms with van der Waals surface area (Å²) in [5.41, 5.74) is 0.0975. The Bertz CT molecular complexity index is 528. The zero-order valence-electron chi connectivity index (χ0n) is 12.1. The fourth-order valence-corrected chi connectivity index (χ4v) is 2.34. The van der Waals surface area contributed by atoms with Crippen molar-refractivity contribution in [3.63, 3.8) is 0 Å². The van der Waals surface area contributed by atoms with E-state index in [0.717, 1.165) is 0 Å². The van der Waals surface area contributed by atoms with Crippen LogP contribution in [0.2, 0.25) is 0 Å². The van der Waals surface area contributed by atoms with Crippen molar-refractivity contribution in [3.05, 3.63) is 23.9 Å². The van der Waals surface area contributed by atoms with Gasteiger partial charge >= 0.3 is 5.97 Å².